The van der Waals surface area contributed by atoms with Crippen LogP contribution in [0.1, 0.15) is 84.1 Å². The van der Waals surface area contributed by atoms with Crippen LogP contribution in [0.3, 0.4) is 0 Å². The molecule has 0 spiro atoms. The number of hydrogen-bond donors (Lipinski definition) is 0. The number of oxime groups is 1. The molecule has 38 heavy (non-hydrogen) atoms. The molecule has 6 heteroatoms. The van der Waals surface area contributed by atoms with Crippen molar-refractivity contribution >= 4 is 23.2 Å². The number of fused-ring (bicyclic) bond motifs is 5. The molecular formula is C32H41N3O3. The third-order valence-electron chi connectivity index (χ3n) is 11.1. The molecule has 2 saturated carbocycles. The molecule has 5 atom stereocenters. The Hall–Kier alpha value is -2.76. The van der Waals surface area contributed by atoms with E-state index in [2.05, 4.69) is 48.3 Å². The lowest BCUT2D eigenvalue weighted by Crippen LogP contribution is -2.49. The summed E-state index contributed by atoms with van der Waals surface area (Å²) in [6.07, 6.45) is 18.0. The Bertz CT molecular complexity index is 1200. The maximum atomic E-state index is 12.7. The second kappa shape index (κ2) is 9.77. The van der Waals surface area contributed by atoms with Gasteiger partial charge in [-0.2, -0.15) is 0 Å². The molecule has 1 saturated heterocycles. The fraction of sp³-hybridized carbons (Fsp3) is 0.625. The number of hydrogen-bond acceptors (Lipinski definition) is 5. The number of piperidine rings is 1. The van der Waals surface area contributed by atoms with Crippen molar-refractivity contribution in [3.05, 3.63) is 47.8 Å². The quantitative estimate of drug-likeness (QED) is 0.355. The van der Waals surface area contributed by atoms with E-state index in [9.17, 15) is 9.59 Å². The van der Waals surface area contributed by atoms with Crippen molar-refractivity contribution in [3.8, 4) is 0 Å². The fourth-order valence-electron chi connectivity index (χ4n) is 8.79. The first-order valence-electron chi connectivity index (χ1n) is 14.6. The van der Waals surface area contributed by atoms with Crippen LogP contribution in [0.25, 0.3) is 5.57 Å². The van der Waals surface area contributed by atoms with Gasteiger partial charge in [0.1, 0.15) is 0 Å². The minimum atomic E-state index is -0.249. The van der Waals surface area contributed by atoms with Crippen LogP contribution in [0.15, 0.2) is 47.4 Å². The number of amides is 1. The minimum absolute atomic E-state index is 0.0735. The van der Waals surface area contributed by atoms with E-state index in [0.29, 0.717) is 37.8 Å². The molecule has 6 nitrogen and oxygen atoms in total. The van der Waals surface area contributed by atoms with Crippen LogP contribution in [0.5, 0.6) is 0 Å². The number of pyridine rings is 1. The molecule has 4 aliphatic carbocycles. The van der Waals surface area contributed by atoms with Crippen LogP contribution >= 0.6 is 0 Å². The average molecular weight is 516 g/mol. The molecule has 2 heterocycles. The van der Waals surface area contributed by atoms with Gasteiger partial charge in [0.2, 0.25) is 5.91 Å². The Kier molecular flexibility index (Phi) is 6.56. The minimum Gasteiger partial charge on any atom is -0.343 e. The zero-order valence-corrected chi connectivity index (χ0v) is 23.1. The molecule has 5 aliphatic rings. The smallest absolute Gasteiger partial charge is 0.338 e. The molecule has 3 fully saturated rings. The van der Waals surface area contributed by atoms with E-state index in [0.717, 1.165) is 30.9 Å². The summed E-state index contributed by atoms with van der Waals surface area (Å²) < 4.78 is 0. The predicted molar refractivity (Wildman–Crippen MR) is 148 cm³/mol. The maximum absolute atomic E-state index is 12.7. The third-order valence-corrected chi connectivity index (χ3v) is 11.1. The second-order valence-electron chi connectivity index (χ2n) is 12.8. The molecule has 1 aromatic rings. The van der Waals surface area contributed by atoms with E-state index in [1.165, 1.54) is 42.4 Å². The van der Waals surface area contributed by atoms with Crippen LogP contribution < -0.4 is 0 Å². The van der Waals surface area contributed by atoms with Gasteiger partial charge in [-0.25, -0.2) is 4.79 Å². The van der Waals surface area contributed by atoms with Crippen molar-refractivity contribution in [2.45, 2.75) is 78.6 Å². The van der Waals surface area contributed by atoms with Crippen LogP contribution in [0.4, 0.5) is 0 Å². The number of carbonyl (C=O) groups excluding carboxylic acids is 2. The molecule has 202 valence electrons. The summed E-state index contributed by atoms with van der Waals surface area (Å²) >= 11 is 0. The van der Waals surface area contributed by atoms with Gasteiger partial charge in [-0.3, -0.25) is 9.78 Å². The van der Waals surface area contributed by atoms with E-state index in [1.54, 1.807) is 11.8 Å². The van der Waals surface area contributed by atoms with Gasteiger partial charge >= 0.3 is 5.97 Å². The molecule has 6 rings (SSSR count). The first-order chi connectivity index (χ1) is 18.3. The van der Waals surface area contributed by atoms with Gasteiger partial charge in [-0.1, -0.05) is 36.7 Å². The number of allylic oxidation sites excluding steroid dienone is 4. The molecule has 0 bridgehead atoms. The highest BCUT2D eigenvalue weighted by Crippen LogP contribution is 2.66. The summed E-state index contributed by atoms with van der Waals surface area (Å²) in [5, 5.41) is 4.34. The van der Waals surface area contributed by atoms with Crippen molar-refractivity contribution in [1.82, 2.24) is 9.88 Å². The lowest BCUT2D eigenvalue weighted by molar-refractivity contribution is -0.151. The zero-order valence-electron chi connectivity index (χ0n) is 23.1. The molecule has 1 aliphatic heterocycles. The molecule has 0 aromatic carbocycles. The van der Waals surface area contributed by atoms with Gasteiger partial charge in [0.25, 0.3) is 0 Å². The van der Waals surface area contributed by atoms with Crippen LogP contribution in [0.2, 0.25) is 0 Å². The lowest BCUT2D eigenvalue weighted by atomic mass is 9.46. The van der Waals surface area contributed by atoms with Crippen molar-refractivity contribution in [2.24, 2.45) is 39.7 Å². The van der Waals surface area contributed by atoms with Gasteiger partial charge in [-0.15, -0.1) is 0 Å². The normalized spacial score (nSPS) is 36.0. The summed E-state index contributed by atoms with van der Waals surface area (Å²) in [5.74, 6) is 1.82. The standard InChI is InChI=1S/C32H41N3O3/c1-21(36)35-17-12-22(13-18-35)30(37)38-34-25-10-14-31(2)24(19-25)6-7-26-28-9-8-27(23-5-4-16-33-20-23)32(28,3)15-11-29(26)31/h4-5,8,16,19-20,22,26,28-29H,6-7,9-15,17-18H2,1-3H3/t26-,28+,29+,31+,32-/m1/s1. The maximum Gasteiger partial charge on any atom is 0.338 e. The van der Waals surface area contributed by atoms with E-state index in [-0.39, 0.29) is 28.6 Å². The molecule has 0 unspecified atom stereocenters. The summed E-state index contributed by atoms with van der Waals surface area (Å²) in [6.45, 7) is 7.83. The highest BCUT2D eigenvalue weighted by atomic mass is 16.7. The third kappa shape index (κ3) is 4.24. The second-order valence-corrected chi connectivity index (χ2v) is 12.8. The molecule has 0 radical (unpaired) electrons. The zero-order chi connectivity index (χ0) is 26.5. The molecule has 0 N–H and O–H groups in total. The van der Waals surface area contributed by atoms with Crippen LogP contribution in [-0.2, 0) is 14.4 Å². The van der Waals surface area contributed by atoms with E-state index < -0.39 is 0 Å². The topological polar surface area (TPSA) is 71.9 Å². The van der Waals surface area contributed by atoms with Crippen molar-refractivity contribution in [3.63, 3.8) is 0 Å². The number of aromatic nitrogens is 1. The predicted octanol–water partition coefficient (Wildman–Crippen LogP) is 6.20. The van der Waals surface area contributed by atoms with Crippen LogP contribution in [-0.4, -0.2) is 40.6 Å². The highest BCUT2D eigenvalue weighted by Gasteiger charge is 2.57. The Morgan fingerprint density at radius 1 is 1.05 bits per heavy atom. The SMILES string of the molecule is CC(=O)N1CCC(C(=O)ON=C2C=C3CC[C@H]4[C@H](CC[C@]5(C)C(c6cccnc6)=CC[C@@H]45)[C@@]3(C)CC2)CC1. The Balaban J connectivity index is 1.13. The summed E-state index contributed by atoms with van der Waals surface area (Å²) in [5.41, 5.74) is 5.70. The number of carbonyl (C=O) groups is 2. The van der Waals surface area contributed by atoms with E-state index >= 15 is 0 Å². The van der Waals surface area contributed by atoms with Gasteiger partial charge in [0, 0.05) is 32.4 Å². The number of nitrogens with zero attached hydrogens (tertiary/aromatic N) is 3. The summed E-state index contributed by atoms with van der Waals surface area (Å²) in [4.78, 5) is 35.9. The number of likely N-dealkylation sites (tertiary alicyclic amines) is 1. The van der Waals surface area contributed by atoms with Gasteiger partial charge < -0.3 is 9.74 Å². The largest absolute Gasteiger partial charge is 0.343 e. The average Bonchev–Trinajstić information content (AvgIpc) is 3.29. The first kappa shape index (κ1) is 25.5. The Labute approximate surface area is 226 Å². The van der Waals surface area contributed by atoms with Crippen molar-refractivity contribution in [2.75, 3.05) is 13.1 Å². The fourth-order valence-corrected chi connectivity index (χ4v) is 8.79. The van der Waals surface area contributed by atoms with Crippen molar-refractivity contribution in [1.29, 1.82) is 0 Å². The molecule has 1 aromatic heterocycles. The first-order valence-corrected chi connectivity index (χ1v) is 14.6. The Morgan fingerprint density at radius 3 is 2.61 bits per heavy atom. The van der Waals surface area contributed by atoms with Crippen LogP contribution in [0, 0.1) is 34.5 Å². The molecule has 1 amide bonds. The van der Waals surface area contributed by atoms with E-state index in [1.807, 2.05) is 12.4 Å². The Morgan fingerprint density at radius 2 is 1.87 bits per heavy atom. The summed E-state index contributed by atoms with van der Waals surface area (Å²) in [6, 6.07) is 4.29. The monoisotopic (exact) mass is 515 g/mol. The summed E-state index contributed by atoms with van der Waals surface area (Å²) in [7, 11) is 0. The molecular weight excluding hydrogens is 474 g/mol. The van der Waals surface area contributed by atoms with Crippen molar-refractivity contribution < 1.29 is 14.4 Å². The highest BCUT2D eigenvalue weighted by molar-refractivity contribution is 5.96. The van der Waals surface area contributed by atoms with E-state index in [4.69, 9.17) is 4.84 Å². The van der Waals surface area contributed by atoms with Gasteiger partial charge in [0.15, 0.2) is 0 Å². The van der Waals surface area contributed by atoms with Gasteiger partial charge in [0.05, 0.1) is 11.6 Å². The number of rotatable bonds is 3. The lowest BCUT2D eigenvalue weighted by Gasteiger charge is -2.58. The van der Waals surface area contributed by atoms with Gasteiger partial charge in [-0.05, 0) is 110 Å².